The van der Waals surface area contributed by atoms with E-state index in [1.165, 1.54) is 0 Å². The van der Waals surface area contributed by atoms with Crippen LogP contribution in [0.4, 0.5) is 4.79 Å². The molecular weight excluding hydrogens is 300 g/mol. The number of nitrogens with zero attached hydrogens (tertiary/aromatic N) is 1. The van der Waals surface area contributed by atoms with Crippen molar-refractivity contribution in [2.24, 2.45) is 0 Å². The first kappa shape index (κ1) is 14.3. The highest BCUT2D eigenvalue weighted by atomic mass is 32.2. The molecule has 1 saturated heterocycles. The normalized spacial score (nSPS) is 16.0. The van der Waals surface area contributed by atoms with Crippen LogP contribution in [0.2, 0.25) is 0 Å². The number of rotatable bonds is 3. The molecule has 1 aromatic heterocycles. The van der Waals surface area contributed by atoms with Gasteiger partial charge in [0.05, 0.1) is 17.7 Å². The summed E-state index contributed by atoms with van der Waals surface area (Å²) in [5.74, 6) is 0.424. The van der Waals surface area contributed by atoms with Gasteiger partial charge in [-0.1, -0.05) is 6.07 Å². The van der Waals surface area contributed by atoms with Crippen molar-refractivity contribution in [2.45, 2.75) is 0 Å². The van der Waals surface area contributed by atoms with Crippen molar-refractivity contribution in [2.75, 3.05) is 7.11 Å². The monoisotopic (exact) mass is 312 g/mol. The van der Waals surface area contributed by atoms with E-state index in [2.05, 4.69) is 10.3 Å². The molecule has 1 fully saturated rings. The van der Waals surface area contributed by atoms with Gasteiger partial charge in [0.15, 0.2) is 0 Å². The molecular formula is C16H12N2O3S. The van der Waals surface area contributed by atoms with E-state index < -0.39 is 0 Å². The van der Waals surface area contributed by atoms with Crippen LogP contribution in [-0.4, -0.2) is 23.2 Å². The van der Waals surface area contributed by atoms with Crippen LogP contribution in [0.15, 0.2) is 47.5 Å². The van der Waals surface area contributed by atoms with E-state index in [-0.39, 0.29) is 11.1 Å². The number of imide groups is 1. The van der Waals surface area contributed by atoms with Gasteiger partial charge in [0.25, 0.3) is 11.1 Å². The van der Waals surface area contributed by atoms with E-state index in [1.54, 1.807) is 19.4 Å². The van der Waals surface area contributed by atoms with Gasteiger partial charge in [-0.25, -0.2) is 0 Å². The minimum atomic E-state index is -0.366. The summed E-state index contributed by atoms with van der Waals surface area (Å²) in [6.45, 7) is 0. The zero-order valence-corrected chi connectivity index (χ0v) is 12.5. The number of carbonyl (C=O) groups excluding carboxylic acids is 2. The number of methoxy groups -OCH3 is 1. The van der Waals surface area contributed by atoms with Crippen LogP contribution < -0.4 is 10.1 Å². The first-order valence-electron chi connectivity index (χ1n) is 6.51. The number of hydrogen-bond acceptors (Lipinski definition) is 5. The summed E-state index contributed by atoms with van der Waals surface area (Å²) in [5.41, 5.74) is 2.57. The van der Waals surface area contributed by atoms with Gasteiger partial charge >= 0.3 is 0 Å². The predicted octanol–water partition coefficient (Wildman–Crippen LogP) is 3.08. The molecule has 0 bridgehead atoms. The van der Waals surface area contributed by atoms with Crippen molar-refractivity contribution < 1.29 is 14.3 Å². The molecule has 6 heteroatoms. The molecule has 1 aromatic carbocycles. The Balaban J connectivity index is 1.82. The fourth-order valence-corrected chi connectivity index (χ4v) is 2.68. The number of amides is 2. The maximum absolute atomic E-state index is 11.5. The van der Waals surface area contributed by atoms with Crippen molar-refractivity contribution in [3.63, 3.8) is 0 Å². The number of benzene rings is 1. The molecule has 0 radical (unpaired) electrons. The third-order valence-corrected chi connectivity index (χ3v) is 3.92. The summed E-state index contributed by atoms with van der Waals surface area (Å²) in [5, 5.41) is 1.87. The fraction of sp³-hybridized carbons (Fsp3) is 0.0625. The maximum atomic E-state index is 11.5. The zero-order chi connectivity index (χ0) is 15.5. The number of aromatic nitrogens is 1. The smallest absolute Gasteiger partial charge is 0.290 e. The molecule has 2 amide bonds. The van der Waals surface area contributed by atoms with Crippen molar-refractivity contribution in [1.29, 1.82) is 0 Å². The van der Waals surface area contributed by atoms with Crippen LogP contribution >= 0.6 is 11.8 Å². The summed E-state index contributed by atoms with van der Waals surface area (Å²) in [4.78, 5) is 27.4. The highest BCUT2D eigenvalue weighted by molar-refractivity contribution is 8.18. The second kappa shape index (κ2) is 6.03. The van der Waals surface area contributed by atoms with Gasteiger partial charge in [0, 0.05) is 11.8 Å². The van der Waals surface area contributed by atoms with Gasteiger partial charge in [-0.15, -0.1) is 0 Å². The van der Waals surface area contributed by atoms with E-state index in [4.69, 9.17) is 4.74 Å². The van der Waals surface area contributed by atoms with Crippen LogP contribution in [0.3, 0.4) is 0 Å². The molecule has 22 heavy (non-hydrogen) atoms. The third kappa shape index (κ3) is 3.01. The highest BCUT2D eigenvalue weighted by Gasteiger charge is 2.24. The van der Waals surface area contributed by atoms with Crippen molar-refractivity contribution in [1.82, 2.24) is 10.3 Å². The number of carbonyl (C=O) groups is 2. The molecule has 110 valence electrons. The topological polar surface area (TPSA) is 68.3 Å². The molecule has 0 spiro atoms. The molecule has 1 aliphatic rings. The predicted molar refractivity (Wildman–Crippen MR) is 85.3 cm³/mol. The van der Waals surface area contributed by atoms with Gasteiger partial charge in [-0.3, -0.25) is 19.9 Å². The number of pyridine rings is 1. The molecule has 5 nitrogen and oxygen atoms in total. The third-order valence-electron chi connectivity index (χ3n) is 3.11. The van der Waals surface area contributed by atoms with Gasteiger partial charge in [0.2, 0.25) is 0 Å². The number of ether oxygens (including phenoxy) is 1. The van der Waals surface area contributed by atoms with Crippen LogP contribution in [0, 0.1) is 0 Å². The average molecular weight is 312 g/mol. The Kier molecular flexibility index (Phi) is 3.93. The van der Waals surface area contributed by atoms with E-state index in [9.17, 15) is 9.59 Å². The standard InChI is InChI=1S/C16H12N2O3S/c1-21-12-5-3-11(4-6-12)13-7-2-10(9-17-13)8-14-15(19)18-16(20)22-14/h2-9H,1H3,(H,18,19,20)/b14-8-. The second-order valence-electron chi connectivity index (χ2n) is 4.56. The lowest BCUT2D eigenvalue weighted by atomic mass is 10.1. The van der Waals surface area contributed by atoms with Crippen molar-refractivity contribution >= 4 is 29.0 Å². The van der Waals surface area contributed by atoms with Gasteiger partial charge in [0.1, 0.15) is 5.75 Å². The lowest BCUT2D eigenvalue weighted by Gasteiger charge is -2.03. The molecule has 2 aromatic rings. The fourth-order valence-electron chi connectivity index (χ4n) is 2.00. The maximum Gasteiger partial charge on any atom is 0.290 e. The minimum absolute atomic E-state index is 0.348. The Hall–Kier alpha value is -2.60. The summed E-state index contributed by atoms with van der Waals surface area (Å²) in [7, 11) is 1.62. The highest BCUT2D eigenvalue weighted by Crippen LogP contribution is 2.26. The Morgan fingerprint density at radius 1 is 1.14 bits per heavy atom. The summed E-state index contributed by atoms with van der Waals surface area (Å²) >= 11 is 0.893. The molecule has 2 heterocycles. The Labute approximate surface area is 131 Å². The molecule has 1 N–H and O–H groups in total. The van der Waals surface area contributed by atoms with E-state index >= 15 is 0 Å². The Bertz CT molecular complexity index is 752. The Morgan fingerprint density at radius 2 is 1.91 bits per heavy atom. The number of thioether (sulfide) groups is 1. The lowest BCUT2D eigenvalue weighted by Crippen LogP contribution is -2.17. The molecule has 3 rings (SSSR count). The number of nitrogens with one attached hydrogen (secondary N) is 1. The molecule has 1 aliphatic heterocycles. The zero-order valence-electron chi connectivity index (χ0n) is 11.7. The SMILES string of the molecule is COc1ccc(-c2ccc(/C=C3\SC(=O)NC3=O)cn2)cc1. The lowest BCUT2D eigenvalue weighted by molar-refractivity contribution is -0.115. The van der Waals surface area contributed by atoms with Gasteiger partial charge < -0.3 is 4.74 Å². The second-order valence-corrected chi connectivity index (χ2v) is 5.57. The van der Waals surface area contributed by atoms with Crippen LogP contribution in [-0.2, 0) is 4.79 Å². The van der Waals surface area contributed by atoms with Gasteiger partial charge in [-0.05, 0) is 53.7 Å². The van der Waals surface area contributed by atoms with E-state index in [0.29, 0.717) is 4.91 Å². The molecule has 0 atom stereocenters. The first-order chi connectivity index (χ1) is 10.7. The Morgan fingerprint density at radius 3 is 2.45 bits per heavy atom. The minimum Gasteiger partial charge on any atom is -0.497 e. The first-order valence-corrected chi connectivity index (χ1v) is 7.33. The van der Waals surface area contributed by atoms with Crippen LogP contribution in [0.1, 0.15) is 5.56 Å². The summed E-state index contributed by atoms with van der Waals surface area (Å²) in [6.07, 6.45) is 3.32. The molecule has 0 unspecified atom stereocenters. The van der Waals surface area contributed by atoms with Crippen LogP contribution in [0.5, 0.6) is 5.75 Å². The van der Waals surface area contributed by atoms with E-state index in [1.807, 2.05) is 36.4 Å². The number of hydrogen-bond donors (Lipinski definition) is 1. The summed E-state index contributed by atoms with van der Waals surface area (Å²) < 4.78 is 5.12. The largest absolute Gasteiger partial charge is 0.497 e. The molecule has 0 aliphatic carbocycles. The van der Waals surface area contributed by atoms with Crippen LogP contribution in [0.25, 0.3) is 17.3 Å². The summed E-state index contributed by atoms with van der Waals surface area (Å²) in [6, 6.07) is 11.3. The van der Waals surface area contributed by atoms with Crippen molar-refractivity contribution in [3.8, 4) is 17.0 Å². The molecule has 0 saturated carbocycles. The quantitative estimate of drug-likeness (QED) is 0.882. The van der Waals surface area contributed by atoms with Crippen molar-refractivity contribution in [3.05, 3.63) is 53.1 Å². The average Bonchev–Trinajstić information content (AvgIpc) is 2.86. The van der Waals surface area contributed by atoms with E-state index in [0.717, 1.165) is 34.3 Å². The van der Waals surface area contributed by atoms with Gasteiger partial charge in [-0.2, -0.15) is 0 Å².